The number of likely N-dealkylation sites (tertiary alicyclic amines) is 1. The molecular formula is C30H34N6O. The summed E-state index contributed by atoms with van der Waals surface area (Å²) in [4.78, 5) is 24.0. The van der Waals surface area contributed by atoms with Crippen molar-refractivity contribution in [3.63, 3.8) is 0 Å². The molecule has 1 amide bonds. The summed E-state index contributed by atoms with van der Waals surface area (Å²) < 4.78 is 0. The largest absolute Gasteiger partial charge is 0.367 e. The van der Waals surface area contributed by atoms with Crippen LogP contribution in [0.5, 0.6) is 0 Å². The molecule has 1 atom stereocenters. The molecule has 6 rings (SSSR count). The average Bonchev–Trinajstić information content (AvgIpc) is 3.61. The molecule has 2 aliphatic rings. The third-order valence-electron chi connectivity index (χ3n) is 7.98. The van der Waals surface area contributed by atoms with E-state index in [-0.39, 0.29) is 5.91 Å². The zero-order chi connectivity index (χ0) is 25.0. The fourth-order valence-electron chi connectivity index (χ4n) is 5.86. The Morgan fingerprint density at radius 1 is 1.00 bits per heavy atom. The summed E-state index contributed by atoms with van der Waals surface area (Å²) in [6.07, 6.45) is 14.6. The fraction of sp³-hybridized carbons (Fsp3) is 0.400. The van der Waals surface area contributed by atoms with Crippen molar-refractivity contribution in [3.8, 4) is 0 Å². The Labute approximate surface area is 217 Å². The predicted molar refractivity (Wildman–Crippen MR) is 146 cm³/mol. The van der Waals surface area contributed by atoms with Crippen molar-refractivity contribution in [1.29, 1.82) is 0 Å². The van der Waals surface area contributed by atoms with Crippen LogP contribution in [0.2, 0.25) is 0 Å². The van der Waals surface area contributed by atoms with Crippen molar-refractivity contribution < 1.29 is 4.79 Å². The second-order valence-corrected chi connectivity index (χ2v) is 10.5. The lowest BCUT2D eigenvalue weighted by atomic mass is 9.95. The van der Waals surface area contributed by atoms with Crippen LogP contribution in [0.25, 0.3) is 10.9 Å². The number of pyridine rings is 2. The Morgan fingerprint density at radius 3 is 2.68 bits per heavy atom. The minimum Gasteiger partial charge on any atom is -0.367 e. The maximum Gasteiger partial charge on any atom is 0.253 e. The van der Waals surface area contributed by atoms with Gasteiger partial charge in [0, 0.05) is 54.9 Å². The number of hydrogen-bond acceptors (Lipinski definition) is 5. The van der Waals surface area contributed by atoms with Crippen molar-refractivity contribution in [3.05, 3.63) is 83.4 Å². The minimum atomic E-state index is 0.113. The second kappa shape index (κ2) is 10.7. The summed E-state index contributed by atoms with van der Waals surface area (Å²) in [5, 5.41) is 12.6. The molecule has 1 saturated heterocycles. The highest BCUT2D eigenvalue weighted by Crippen LogP contribution is 2.29. The Hall–Kier alpha value is -3.74. The van der Waals surface area contributed by atoms with Crippen LogP contribution in [0.3, 0.4) is 0 Å². The van der Waals surface area contributed by atoms with Crippen molar-refractivity contribution in [2.45, 2.75) is 63.3 Å². The van der Waals surface area contributed by atoms with E-state index in [9.17, 15) is 4.79 Å². The van der Waals surface area contributed by atoms with Gasteiger partial charge in [0.15, 0.2) is 0 Å². The second-order valence-electron chi connectivity index (χ2n) is 10.5. The fourth-order valence-corrected chi connectivity index (χ4v) is 5.86. The highest BCUT2D eigenvalue weighted by atomic mass is 16.2. The maximum atomic E-state index is 13.1. The van der Waals surface area contributed by atoms with Crippen LogP contribution < -0.4 is 5.32 Å². The molecule has 0 bridgehead atoms. The summed E-state index contributed by atoms with van der Waals surface area (Å²) in [6, 6.07) is 14.6. The third kappa shape index (κ3) is 5.22. The molecule has 1 aliphatic heterocycles. The van der Waals surface area contributed by atoms with E-state index in [1.807, 2.05) is 41.6 Å². The highest BCUT2D eigenvalue weighted by Gasteiger charge is 2.28. The Bertz CT molecular complexity index is 1340. The van der Waals surface area contributed by atoms with Gasteiger partial charge in [-0.1, -0.05) is 37.5 Å². The van der Waals surface area contributed by atoms with Crippen LogP contribution in [0.1, 0.15) is 71.6 Å². The van der Waals surface area contributed by atoms with Crippen LogP contribution in [0, 0.1) is 0 Å². The van der Waals surface area contributed by atoms with Crippen molar-refractivity contribution in [1.82, 2.24) is 25.1 Å². The van der Waals surface area contributed by atoms with E-state index in [1.54, 1.807) is 6.20 Å². The quantitative estimate of drug-likeness (QED) is 0.354. The van der Waals surface area contributed by atoms with Crippen LogP contribution in [0.15, 0.2) is 61.1 Å². The van der Waals surface area contributed by atoms with Crippen molar-refractivity contribution in [2.75, 3.05) is 18.4 Å². The van der Waals surface area contributed by atoms with Gasteiger partial charge in [-0.15, -0.1) is 0 Å². The molecule has 2 fully saturated rings. The normalized spacial score (nSPS) is 18.4. The van der Waals surface area contributed by atoms with Gasteiger partial charge in [-0.2, -0.15) is 5.10 Å². The first-order valence-electron chi connectivity index (χ1n) is 13.6. The van der Waals surface area contributed by atoms with Gasteiger partial charge in [-0.05, 0) is 67.5 Å². The molecule has 37 heavy (non-hydrogen) atoms. The van der Waals surface area contributed by atoms with Gasteiger partial charge < -0.3 is 10.2 Å². The Morgan fingerprint density at radius 2 is 1.86 bits per heavy atom. The maximum absolute atomic E-state index is 13.1. The number of aryl methyl sites for hydroxylation is 2. The van der Waals surface area contributed by atoms with E-state index in [4.69, 9.17) is 0 Å². The van der Waals surface area contributed by atoms with Gasteiger partial charge in [0.05, 0.1) is 10.9 Å². The highest BCUT2D eigenvalue weighted by molar-refractivity contribution is 5.94. The lowest BCUT2D eigenvalue weighted by Crippen LogP contribution is -2.28. The first-order valence-corrected chi connectivity index (χ1v) is 13.6. The monoisotopic (exact) mass is 494 g/mol. The molecule has 3 aromatic heterocycles. The number of benzene rings is 1. The number of nitrogens with zero attached hydrogens (tertiary/aromatic N) is 4. The van der Waals surface area contributed by atoms with E-state index in [2.05, 4.69) is 43.7 Å². The van der Waals surface area contributed by atoms with Gasteiger partial charge in [0.1, 0.15) is 5.82 Å². The number of amides is 1. The third-order valence-corrected chi connectivity index (χ3v) is 7.98. The molecule has 1 aromatic carbocycles. The van der Waals surface area contributed by atoms with Crippen LogP contribution >= 0.6 is 0 Å². The Balaban J connectivity index is 1.09. The minimum absolute atomic E-state index is 0.113. The number of nitrogens with one attached hydrogen (secondary N) is 2. The number of carbonyl (C=O) groups is 1. The molecule has 0 spiro atoms. The molecule has 4 heterocycles. The lowest BCUT2D eigenvalue weighted by molar-refractivity contribution is 0.0790. The molecule has 4 aromatic rings. The van der Waals surface area contributed by atoms with Crippen LogP contribution in [-0.2, 0) is 12.8 Å². The number of aromatic nitrogens is 4. The number of fused-ring (bicyclic) bond motifs is 1. The van der Waals surface area contributed by atoms with Gasteiger partial charge in [-0.25, -0.2) is 4.98 Å². The first-order chi connectivity index (χ1) is 18.2. The van der Waals surface area contributed by atoms with Crippen molar-refractivity contribution in [2.24, 2.45) is 0 Å². The van der Waals surface area contributed by atoms with E-state index in [0.29, 0.717) is 12.0 Å². The first kappa shape index (κ1) is 23.6. The molecule has 190 valence electrons. The molecule has 1 aliphatic carbocycles. The van der Waals surface area contributed by atoms with E-state index >= 15 is 0 Å². The summed E-state index contributed by atoms with van der Waals surface area (Å²) in [5.74, 6) is 1.43. The van der Waals surface area contributed by atoms with E-state index in [1.165, 1.54) is 43.2 Å². The number of rotatable bonds is 7. The van der Waals surface area contributed by atoms with Crippen LogP contribution in [-0.4, -0.2) is 50.1 Å². The smallest absolute Gasteiger partial charge is 0.253 e. The molecule has 0 radical (unpaired) electrons. The zero-order valence-electron chi connectivity index (χ0n) is 21.2. The zero-order valence-corrected chi connectivity index (χ0v) is 21.2. The number of carbonyl (C=O) groups excluding carboxylic acids is 1. The number of hydrogen-bond donors (Lipinski definition) is 2. The molecule has 0 unspecified atom stereocenters. The summed E-state index contributed by atoms with van der Waals surface area (Å²) in [5.41, 5.74) is 5.25. The lowest BCUT2D eigenvalue weighted by Gasteiger charge is -2.23. The van der Waals surface area contributed by atoms with Gasteiger partial charge >= 0.3 is 0 Å². The van der Waals surface area contributed by atoms with E-state index < -0.39 is 0 Å². The summed E-state index contributed by atoms with van der Waals surface area (Å²) in [6.45, 7) is 1.54. The molecule has 1 saturated carbocycles. The molecular weight excluding hydrogens is 460 g/mol. The van der Waals surface area contributed by atoms with E-state index in [0.717, 1.165) is 60.3 Å². The number of anilines is 1. The predicted octanol–water partition coefficient (Wildman–Crippen LogP) is 5.51. The number of H-pyrrole nitrogens is 1. The van der Waals surface area contributed by atoms with Gasteiger partial charge in [0.2, 0.25) is 0 Å². The van der Waals surface area contributed by atoms with Crippen molar-refractivity contribution >= 4 is 22.6 Å². The van der Waals surface area contributed by atoms with Gasteiger partial charge in [-0.3, -0.25) is 14.9 Å². The average molecular weight is 495 g/mol. The molecule has 2 N–H and O–H groups in total. The Kier molecular flexibility index (Phi) is 6.84. The number of aromatic amines is 1. The SMILES string of the molecule is O=C(c1ccc(CCc2[nH]nc3ccnc(NC4CCCCC4)c23)cc1)N1CC[C@H](c2cccnc2)C1. The molecule has 7 heteroatoms. The summed E-state index contributed by atoms with van der Waals surface area (Å²) in [7, 11) is 0. The van der Waals surface area contributed by atoms with Crippen LogP contribution in [0.4, 0.5) is 5.82 Å². The topological polar surface area (TPSA) is 86.8 Å². The molecule has 7 nitrogen and oxygen atoms in total. The standard InChI is InChI=1S/C30H34N6O/c37-30(36-18-15-24(20-36)23-5-4-16-31-19-23)22-11-8-21(9-12-22)10-13-26-28-27(35-34-26)14-17-32-29(28)33-25-6-2-1-3-7-25/h4-5,8-9,11-12,14,16-17,19,24-25H,1-3,6-7,10,13,15,18,20H2,(H,32,33)(H,34,35)/t24-/m0/s1. The summed E-state index contributed by atoms with van der Waals surface area (Å²) >= 11 is 0. The van der Waals surface area contributed by atoms with Gasteiger partial charge in [0.25, 0.3) is 5.91 Å².